The van der Waals surface area contributed by atoms with Crippen LogP contribution in [0.5, 0.6) is 0 Å². The zero-order valence-electron chi connectivity index (χ0n) is 27.8. The molecule has 0 aliphatic heterocycles. The van der Waals surface area contributed by atoms with Crippen molar-refractivity contribution in [2.45, 2.75) is 149 Å². The minimum Gasteiger partial charge on any atom is -0.460 e. The number of carbonyl (C=O) groups excluding carboxylic acids is 3. The highest BCUT2D eigenvalue weighted by Gasteiger charge is 2.24. The number of rotatable bonds is 31. The molecule has 246 valence electrons. The van der Waals surface area contributed by atoms with Gasteiger partial charge in [0.2, 0.25) is 0 Å². The van der Waals surface area contributed by atoms with Gasteiger partial charge < -0.3 is 18.7 Å². The molecule has 0 aliphatic carbocycles. The highest BCUT2D eigenvalue weighted by molar-refractivity contribution is 5.69. The highest BCUT2D eigenvalue weighted by Crippen LogP contribution is 2.11. The van der Waals surface area contributed by atoms with E-state index in [9.17, 15) is 14.4 Å². The highest BCUT2D eigenvalue weighted by atomic mass is 16.5. The van der Waals surface area contributed by atoms with Crippen molar-refractivity contribution in [2.24, 2.45) is 0 Å². The summed E-state index contributed by atoms with van der Waals surface area (Å²) in [6.07, 6.45) is 23.3. The van der Waals surface area contributed by atoms with Crippen molar-refractivity contribution in [2.75, 3.05) is 46.5 Å². The van der Waals surface area contributed by atoms with Crippen LogP contribution in [0.4, 0.5) is 0 Å². The fraction of sp³-hybridized carbons (Fsp3) is 0.857. The molecule has 0 rings (SSSR count). The molecule has 0 atom stereocenters. The molecule has 0 radical (unpaired) electrons. The third-order valence-corrected chi connectivity index (χ3v) is 7.94. The maximum absolute atomic E-state index is 12.3. The minimum absolute atomic E-state index is 0.154. The van der Waals surface area contributed by atoms with Crippen LogP contribution in [0.2, 0.25) is 0 Å². The van der Waals surface area contributed by atoms with E-state index in [1.165, 1.54) is 57.8 Å². The van der Waals surface area contributed by atoms with Crippen LogP contribution in [-0.4, -0.2) is 68.9 Å². The number of esters is 3. The zero-order valence-corrected chi connectivity index (χ0v) is 27.8. The number of unbranched alkanes of at least 4 members (excludes halogenated alkanes) is 15. The summed E-state index contributed by atoms with van der Waals surface area (Å²) in [7, 11) is 2.04. The van der Waals surface area contributed by atoms with Crippen molar-refractivity contribution < 1.29 is 33.1 Å². The van der Waals surface area contributed by atoms with Crippen molar-refractivity contribution in [3.05, 3.63) is 12.7 Å². The van der Waals surface area contributed by atoms with Crippen molar-refractivity contribution >= 4 is 17.9 Å². The SMILES string of the molecule is C=CCCCCCCCC(=O)OCC[N+](C)(CCOC(=O)CCCCCCCC)CCOC(=O)CCCCCCCC. The Morgan fingerprint density at radius 3 is 1.17 bits per heavy atom. The molecule has 0 bridgehead atoms. The second kappa shape index (κ2) is 29.2. The van der Waals surface area contributed by atoms with Gasteiger partial charge in [0.1, 0.15) is 39.5 Å². The fourth-order valence-electron chi connectivity index (χ4n) is 4.88. The van der Waals surface area contributed by atoms with Crippen LogP contribution in [0.15, 0.2) is 12.7 Å². The molecule has 0 unspecified atom stereocenters. The van der Waals surface area contributed by atoms with Gasteiger partial charge in [-0.3, -0.25) is 14.4 Å². The van der Waals surface area contributed by atoms with E-state index in [2.05, 4.69) is 20.4 Å². The molecule has 0 spiro atoms. The Balaban J connectivity index is 4.48. The number of likely N-dealkylation sites (N-methyl/N-ethyl adjacent to an activating group) is 1. The van der Waals surface area contributed by atoms with Crippen molar-refractivity contribution in [3.8, 4) is 0 Å². The molecule has 0 saturated heterocycles. The van der Waals surface area contributed by atoms with E-state index in [1.54, 1.807) is 0 Å². The van der Waals surface area contributed by atoms with Crippen LogP contribution < -0.4 is 0 Å². The Kier molecular flexibility index (Phi) is 27.9. The molecule has 0 aromatic carbocycles. The van der Waals surface area contributed by atoms with Gasteiger partial charge in [0, 0.05) is 19.3 Å². The van der Waals surface area contributed by atoms with Gasteiger partial charge in [0.25, 0.3) is 0 Å². The summed E-state index contributed by atoms with van der Waals surface area (Å²) in [6.45, 7) is 10.8. The fourth-order valence-corrected chi connectivity index (χ4v) is 4.88. The summed E-state index contributed by atoms with van der Waals surface area (Å²) in [5.41, 5.74) is 0. The van der Waals surface area contributed by atoms with Crippen LogP contribution >= 0.6 is 0 Å². The van der Waals surface area contributed by atoms with E-state index < -0.39 is 0 Å². The lowest BCUT2D eigenvalue weighted by atomic mass is 10.1. The molecule has 0 heterocycles. The Labute approximate surface area is 258 Å². The van der Waals surface area contributed by atoms with Gasteiger partial charge in [-0.15, -0.1) is 6.58 Å². The molecule has 0 N–H and O–H groups in total. The molecule has 0 fully saturated rings. The molecular formula is C35H66NO6+. The minimum atomic E-state index is -0.164. The maximum Gasteiger partial charge on any atom is 0.305 e. The van der Waals surface area contributed by atoms with E-state index in [-0.39, 0.29) is 17.9 Å². The standard InChI is InChI=1S/C35H66NO6/c1-5-8-11-14-17-20-23-26-35(39)42-32-29-36(4,27-30-40-33(37)24-21-18-15-12-9-6-2)28-31-41-34(38)25-22-19-16-13-10-7-3/h5H,1,6-32H2,2-4H3/q+1. The Morgan fingerprint density at radius 2 is 0.833 bits per heavy atom. The average Bonchev–Trinajstić information content (AvgIpc) is 2.96. The molecule has 0 aromatic heterocycles. The zero-order chi connectivity index (χ0) is 31.2. The van der Waals surface area contributed by atoms with Gasteiger partial charge in [-0.2, -0.15) is 0 Å². The maximum atomic E-state index is 12.3. The molecule has 7 nitrogen and oxygen atoms in total. The van der Waals surface area contributed by atoms with E-state index in [4.69, 9.17) is 14.2 Å². The number of ether oxygens (including phenoxy) is 3. The van der Waals surface area contributed by atoms with Crippen LogP contribution in [0.1, 0.15) is 149 Å². The van der Waals surface area contributed by atoms with Crippen molar-refractivity contribution in [1.82, 2.24) is 0 Å². The molecular weight excluding hydrogens is 530 g/mol. The Bertz CT molecular complexity index is 646. The van der Waals surface area contributed by atoms with E-state index in [0.29, 0.717) is 63.2 Å². The average molecular weight is 597 g/mol. The molecule has 0 amide bonds. The van der Waals surface area contributed by atoms with Gasteiger partial charge in [-0.1, -0.05) is 103 Å². The van der Waals surface area contributed by atoms with Gasteiger partial charge >= 0.3 is 17.9 Å². The number of allylic oxidation sites excluding steroid dienone is 1. The predicted molar refractivity (Wildman–Crippen MR) is 172 cm³/mol. The van der Waals surface area contributed by atoms with E-state index in [1.807, 2.05) is 13.1 Å². The van der Waals surface area contributed by atoms with Gasteiger partial charge in [0.05, 0.1) is 7.05 Å². The summed E-state index contributed by atoms with van der Waals surface area (Å²) in [6, 6.07) is 0. The van der Waals surface area contributed by atoms with Crippen LogP contribution in [0, 0.1) is 0 Å². The summed E-state index contributed by atoms with van der Waals surface area (Å²) in [4.78, 5) is 36.7. The second-order valence-electron chi connectivity index (χ2n) is 12.1. The van der Waals surface area contributed by atoms with Crippen LogP contribution in [0.25, 0.3) is 0 Å². The largest absolute Gasteiger partial charge is 0.460 e. The van der Waals surface area contributed by atoms with Gasteiger partial charge in [0.15, 0.2) is 0 Å². The first-order valence-electron chi connectivity index (χ1n) is 17.3. The summed E-state index contributed by atoms with van der Waals surface area (Å²) in [5, 5.41) is 0. The third-order valence-electron chi connectivity index (χ3n) is 7.94. The lowest BCUT2D eigenvalue weighted by Crippen LogP contribution is -2.51. The quantitative estimate of drug-likeness (QED) is 0.0263. The lowest BCUT2D eigenvalue weighted by Gasteiger charge is -2.34. The molecule has 0 aromatic rings. The smallest absolute Gasteiger partial charge is 0.305 e. The molecule has 42 heavy (non-hydrogen) atoms. The van der Waals surface area contributed by atoms with Crippen molar-refractivity contribution in [3.63, 3.8) is 0 Å². The normalized spacial score (nSPS) is 11.3. The number of hydrogen-bond donors (Lipinski definition) is 0. The van der Waals surface area contributed by atoms with Crippen molar-refractivity contribution in [1.29, 1.82) is 0 Å². The van der Waals surface area contributed by atoms with Gasteiger partial charge in [-0.05, 0) is 32.1 Å². The monoisotopic (exact) mass is 596 g/mol. The second-order valence-corrected chi connectivity index (χ2v) is 12.1. The van der Waals surface area contributed by atoms with Crippen LogP contribution in [0.3, 0.4) is 0 Å². The lowest BCUT2D eigenvalue weighted by molar-refractivity contribution is -0.910. The number of carbonyl (C=O) groups is 3. The predicted octanol–water partition coefficient (Wildman–Crippen LogP) is 8.48. The first-order chi connectivity index (χ1) is 20.4. The molecule has 0 aliphatic rings. The summed E-state index contributed by atoms with van der Waals surface area (Å²) < 4.78 is 17.1. The third kappa shape index (κ3) is 27.0. The van der Waals surface area contributed by atoms with Gasteiger partial charge in [-0.25, -0.2) is 0 Å². The molecule has 0 saturated carbocycles. The Hall–Kier alpha value is -1.89. The number of hydrogen-bond acceptors (Lipinski definition) is 6. The topological polar surface area (TPSA) is 78.9 Å². The van der Waals surface area contributed by atoms with E-state index in [0.717, 1.165) is 57.8 Å². The number of nitrogens with zero attached hydrogens (tertiary/aromatic N) is 1. The summed E-state index contributed by atoms with van der Waals surface area (Å²) >= 11 is 0. The summed E-state index contributed by atoms with van der Waals surface area (Å²) in [5.74, 6) is -0.472. The van der Waals surface area contributed by atoms with E-state index >= 15 is 0 Å². The first-order valence-corrected chi connectivity index (χ1v) is 17.3. The Morgan fingerprint density at radius 1 is 0.524 bits per heavy atom. The van der Waals surface area contributed by atoms with Crippen LogP contribution in [-0.2, 0) is 28.6 Å². The first kappa shape index (κ1) is 40.1. The number of quaternary nitrogens is 1. The molecule has 7 heteroatoms.